The van der Waals surface area contributed by atoms with Gasteiger partial charge in [-0.05, 0) is 29.7 Å². The molecule has 2 aromatic carbocycles. The van der Waals surface area contributed by atoms with E-state index in [9.17, 15) is 13.6 Å². The van der Waals surface area contributed by atoms with Crippen molar-refractivity contribution in [1.29, 1.82) is 0 Å². The maximum atomic E-state index is 12.3. The number of hydrogen-bond donors (Lipinski definition) is 1. The monoisotopic (exact) mass is 388 g/mol. The Labute approximate surface area is 162 Å². The van der Waals surface area contributed by atoms with Crippen molar-refractivity contribution in [2.24, 2.45) is 0 Å². The molecule has 2 fully saturated rings. The molecule has 0 radical (unpaired) electrons. The molecule has 0 unspecified atom stereocenters. The Morgan fingerprint density at radius 3 is 2.64 bits per heavy atom. The van der Waals surface area contributed by atoms with E-state index in [0.29, 0.717) is 13.1 Å². The quantitative estimate of drug-likeness (QED) is 0.856. The van der Waals surface area contributed by atoms with Crippen LogP contribution in [0.3, 0.4) is 0 Å². The van der Waals surface area contributed by atoms with E-state index in [2.05, 4.69) is 15.0 Å². The molecule has 5 nitrogen and oxygen atoms in total. The van der Waals surface area contributed by atoms with Gasteiger partial charge >= 0.3 is 6.61 Å². The highest BCUT2D eigenvalue weighted by Gasteiger charge is 2.48. The van der Waals surface area contributed by atoms with Crippen LogP contribution in [0.2, 0.25) is 0 Å². The SMILES string of the molecule is O=C1CO[C@@H]2CN(Cc3ccc(OC(F)F)cc3)CC[C@@]2(c2ccccc2)N1. The van der Waals surface area contributed by atoms with Gasteiger partial charge in [0.1, 0.15) is 12.4 Å². The summed E-state index contributed by atoms with van der Waals surface area (Å²) in [5.41, 5.74) is 1.55. The lowest BCUT2D eigenvalue weighted by molar-refractivity contribution is -0.152. The van der Waals surface area contributed by atoms with Crippen LogP contribution in [-0.4, -0.2) is 43.2 Å². The number of halogens is 2. The van der Waals surface area contributed by atoms with Crippen LogP contribution in [-0.2, 0) is 21.6 Å². The number of carbonyl (C=O) groups excluding carboxylic acids is 1. The predicted octanol–water partition coefficient (Wildman–Crippen LogP) is 2.90. The highest BCUT2D eigenvalue weighted by atomic mass is 19.3. The molecule has 2 heterocycles. The van der Waals surface area contributed by atoms with Crippen LogP contribution in [0.25, 0.3) is 0 Å². The van der Waals surface area contributed by atoms with Crippen LogP contribution in [0.5, 0.6) is 5.75 Å². The van der Waals surface area contributed by atoms with Crippen molar-refractivity contribution < 1.29 is 23.0 Å². The molecule has 0 aromatic heterocycles. The standard InChI is InChI=1S/C21H22F2N2O3/c22-20(23)28-17-8-6-15(7-9-17)12-25-11-10-21(16-4-2-1-3-5-16)18(13-25)27-14-19(26)24-21/h1-9,18,20H,10-14H2,(H,24,26)/t18-,21+/m1/s1. The molecule has 2 aliphatic heterocycles. The number of ether oxygens (including phenoxy) is 2. The minimum Gasteiger partial charge on any atom is -0.435 e. The molecule has 1 N–H and O–H groups in total. The van der Waals surface area contributed by atoms with Gasteiger partial charge in [0.15, 0.2) is 0 Å². The topological polar surface area (TPSA) is 50.8 Å². The number of piperidine rings is 1. The van der Waals surface area contributed by atoms with Gasteiger partial charge in [-0.2, -0.15) is 8.78 Å². The molecule has 2 aromatic rings. The minimum atomic E-state index is -2.82. The number of benzene rings is 2. The number of rotatable bonds is 5. The minimum absolute atomic E-state index is 0.0623. The first-order chi connectivity index (χ1) is 13.5. The van der Waals surface area contributed by atoms with Gasteiger partial charge < -0.3 is 14.8 Å². The lowest BCUT2D eigenvalue weighted by Crippen LogP contribution is -2.66. The Balaban J connectivity index is 1.47. The average molecular weight is 388 g/mol. The van der Waals surface area contributed by atoms with Crippen molar-refractivity contribution >= 4 is 5.91 Å². The first kappa shape index (κ1) is 18.8. The summed E-state index contributed by atoms with van der Waals surface area (Å²) >= 11 is 0. The molecule has 0 spiro atoms. The summed E-state index contributed by atoms with van der Waals surface area (Å²) in [6, 6.07) is 16.6. The van der Waals surface area contributed by atoms with Crippen molar-refractivity contribution in [3.8, 4) is 5.75 Å². The summed E-state index contributed by atoms with van der Waals surface area (Å²) in [4.78, 5) is 14.3. The van der Waals surface area contributed by atoms with Gasteiger partial charge in [0.2, 0.25) is 5.91 Å². The van der Waals surface area contributed by atoms with E-state index in [1.165, 1.54) is 0 Å². The summed E-state index contributed by atoms with van der Waals surface area (Å²) in [6.45, 7) is -0.632. The fourth-order valence-electron chi connectivity index (χ4n) is 4.09. The zero-order valence-electron chi connectivity index (χ0n) is 15.3. The van der Waals surface area contributed by atoms with Gasteiger partial charge in [0.05, 0.1) is 11.6 Å². The number of nitrogens with one attached hydrogen (secondary N) is 1. The summed E-state index contributed by atoms with van der Waals surface area (Å²) in [6.07, 6.45) is 0.586. The van der Waals surface area contributed by atoms with Crippen molar-refractivity contribution in [3.05, 3.63) is 65.7 Å². The Kier molecular flexibility index (Phi) is 5.28. The largest absolute Gasteiger partial charge is 0.435 e. The van der Waals surface area contributed by atoms with Crippen LogP contribution >= 0.6 is 0 Å². The highest BCUT2D eigenvalue weighted by molar-refractivity contribution is 5.79. The third kappa shape index (κ3) is 3.86. The summed E-state index contributed by atoms with van der Waals surface area (Å²) < 4.78 is 34.9. The van der Waals surface area contributed by atoms with Crippen molar-refractivity contribution in [2.75, 3.05) is 19.7 Å². The zero-order valence-corrected chi connectivity index (χ0v) is 15.3. The molecule has 1 amide bonds. The van der Waals surface area contributed by atoms with E-state index in [1.807, 2.05) is 30.3 Å². The maximum Gasteiger partial charge on any atom is 0.387 e. The molecular formula is C21H22F2N2O3. The smallest absolute Gasteiger partial charge is 0.387 e. The van der Waals surface area contributed by atoms with Crippen LogP contribution in [0.4, 0.5) is 8.78 Å². The lowest BCUT2D eigenvalue weighted by atomic mass is 9.77. The fraction of sp³-hybridized carbons (Fsp3) is 0.381. The van der Waals surface area contributed by atoms with Gasteiger partial charge in [-0.1, -0.05) is 42.5 Å². The Bertz CT molecular complexity index is 816. The van der Waals surface area contributed by atoms with E-state index >= 15 is 0 Å². The van der Waals surface area contributed by atoms with E-state index in [-0.39, 0.29) is 24.4 Å². The maximum absolute atomic E-state index is 12.3. The van der Waals surface area contributed by atoms with Gasteiger partial charge in [-0.15, -0.1) is 0 Å². The van der Waals surface area contributed by atoms with E-state index in [4.69, 9.17) is 4.74 Å². The van der Waals surface area contributed by atoms with Crippen LogP contribution in [0.15, 0.2) is 54.6 Å². The molecule has 4 rings (SSSR count). The second kappa shape index (κ2) is 7.85. The summed E-state index contributed by atoms with van der Waals surface area (Å²) in [5, 5.41) is 3.18. The Morgan fingerprint density at radius 2 is 1.93 bits per heavy atom. The van der Waals surface area contributed by atoms with E-state index < -0.39 is 12.2 Å². The van der Waals surface area contributed by atoms with Crippen LogP contribution in [0, 0.1) is 0 Å². The van der Waals surface area contributed by atoms with Gasteiger partial charge in [0, 0.05) is 19.6 Å². The Hall–Kier alpha value is -2.51. The first-order valence-electron chi connectivity index (χ1n) is 9.29. The molecule has 148 valence electrons. The molecular weight excluding hydrogens is 366 g/mol. The molecule has 0 saturated carbocycles. The van der Waals surface area contributed by atoms with Crippen molar-refractivity contribution in [2.45, 2.75) is 31.2 Å². The fourth-order valence-corrected chi connectivity index (χ4v) is 4.09. The summed E-state index contributed by atoms with van der Waals surface area (Å²) in [7, 11) is 0. The van der Waals surface area contributed by atoms with E-state index in [0.717, 1.165) is 24.1 Å². The highest BCUT2D eigenvalue weighted by Crippen LogP contribution is 2.37. The molecule has 7 heteroatoms. The number of likely N-dealkylation sites (tertiary alicyclic amines) is 1. The van der Waals surface area contributed by atoms with Gasteiger partial charge in [-0.25, -0.2) is 0 Å². The molecule has 0 bridgehead atoms. The third-order valence-electron chi connectivity index (χ3n) is 5.42. The number of alkyl halides is 2. The first-order valence-corrected chi connectivity index (χ1v) is 9.29. The molecule has 0 aliphatic carbocycles. The van der Waals surface area contributed by atoms with Crippen molar-refractivity contribution in [3.63, 3.8) is 0 Å². The molecule has 2 aliphatic rings. The van der Waals surface area contributed by atoms with Crippen molar-refractivity contribution in [1.82, 2.24) is 10.2 Å². The summed E-state index contributed by atoms with van der Waals surface area (Å²) in [5.74, 6) is 0.0574. The number of morpholine rings is 1. The number of fused-ring (bicyclic) bond motifs is 1. The zero-order chi connectivity index (χ0) is 19.6. The average Bonchev–Trinajstić information content (AvgIpc) is 2.70. The van der Waals surface area contributed by atoms with Crippen LogP contribution < -0.4 is 10.1 Å². The number of carbonyl (C=O) groups is 1. The van der Waals surface area contributed by atoms with Gasteiger partial charge in [0.25, 0.3) is 0 Å². The molecule has 2 atom stereocenters. The number of nitrogens with zero attached hydrogens (tertiary/aromatic N) is 1. The van der Waals surface area contributed by atoms with Gasteiger partial charge in [-0.3, -0.25) is 9.69 Å². The second-order valence-electron chi connectivity index (χ2n) is 7.19. The third-order valence-corrected chi connectivity index (χ3v) is 5.42. The number of amides is 1. The van der Waals surface area contributed by atoms with Crippen LogP contribution in [0.1, 0.15) is 17.5 Å². The second-order valence-corrected chi connectivity index (χ2v) is 7.19. The predicted molar refractivity (Wildman–Crippen MR) is 99.0 cm³/mol. The number of hydrogen-bond acceptors (Lipinski definition) is 4. The Morgan fingerprint density at radius 1 is 1.18 bits per heavy atom. The molecule has 28 heavy (non-hydrogen) atoms. The van der Waals surface area contributed by atoms with E-state index in [1.54, 1.807) is 24.3 Å². The molecule has 2 saturated heterocycles. The normalized spacial score (nSPS) is 25.2. The lowest BCUT2D eigenvalue weighted by Gasteiger charge is -2.50.